The molecule has 3 rings (SSSR count). The van der Waals surface area contributed by atoms with Gasteiger partial charge in [0.1, 0.15) is 11.5 Å². The number of nitrogens with zero attached hydrogens (tertiary/aromatic N) is 2. The number of benzene rings is 1. The summed E-state index contributed by atoms with van der Waals surface area (Å²) in [6.07, 6.45) is 10.2. The molecule has 2 N–H and O–H groups in total. The van der Waals surface area contributed by atoms with Gasteiger partial charge in [-0.25, -0.2) is 9.97 Å². The molecule has 1 saturated carbocycles. The van der Waals surface area contributed by atoms with Crippen LogP contribution in [0.15, 0.2) is 42.7 Å². The highest BCUT2D eigenvalue weighted by Crippen LogP contribution is 2.20. The first-order chi connectivity index (χ1) is 11.8. The molecule has 0 aliphatic heterocycles. The molecular weight excluding hydrogens is 300 g/mol. The minimum Gasteiger partial charge on any atom is -0.366 e. The van der Waals surface area contributed by atoms with Gasteiger partial charge in [0, 0.05) is 12.6 Å². The van der Waals surface area contributed by atoms with Gasteiger partial charge in [-0.05, 0) is 24.8 Å². The molecule has 5 heteroatoms. The molecule has 24 heavy (non-hydrogen) atoms. The quantitative estimate of drug-likeness (QED) is 0.856. The molecule has 126 valence electrons. The number of hydrogen-bond acceptors (Lipinski definition) is 4. The van der Waals surface area contributed by atoms with E-state index in [1.54, 1.807) is 12.4 Å². The zero-order valence-electron chi connectivity index (χ0n) is 13.9. The third-order valence-electron chi connectivity index (χ3n) is 4.38. The van der Waals surface area contributed by atoms with Gasteiger partial charge in [0.2, 0.25) is 0 Å². The number of anilines is 1. The number of carbonyl (C=O) groups is 1. The van der Waals surface area contributed by atoms with Crippen LogP contribution >= 0.6 is 0 Å². The fraction of sp³-hybridized carbons (Fsp3) is 0.421. The van der Waals surface area contributed by atoms with Gasteiger partial charge in [0.25, 0.3) is 5.91 Å². The fourth-order valence-corrected chi connectivity index (χ4v) is 3.03. The maximum Gasteiger partial charge on any atom is 0.271 e. The van der Waals surface area contributed by atoms with E-state index >= 15 is 0 Å². The molecule has 0 radical (unpaired) electrons. The zero-order chi connectivity index (χ0) is 16.6. The van der Waals surface area contributed by atoms with Crippen LogP contribution in [0.3, 0.4) is 0 Å². The molecule has 1 amide bonds. The summed E-state index contributed by atoms with van der Waals surface area (Å²) in [5.74, 6) is 0.574. The number of nitrogens with one attached hydrogen (secondary N) is 2. The van der Waals surface area contributed by atoms with Crippen LogP contribution in [0.2, 0.25) is 0 Å². The predicted octanol–water partition coefficient (Wildman–Crippen LogP) is 3.19. The van der Waals surface area contributed by atoms with Crippen LogP contribution in [0, 0.1) is 0 Å². The summed E-state index contributed by atoms with van der Waals surface area (Å²) in [7, 11) is 0. The van der Waals surface area contributed by atoms with E-state index < -0.39 is 0 Å². The van der Waals surface area contributed by atoms with Crippen LogP contribution in [0.4, 0.5) is 5.82 Å². The highest BCUT2D eigenvalue weighted by atomic mass is 16.1. The lowest BCUT2D eigenvalue weighted by molar-refractivity contribution is 0.0949. The largest absolute Gasteiger partial charge is 0.366 e. The Bertz CT molecular complexity index is 636. The van der Waals surface area contributed by atoms with Crippen molar-refractivity contribution in [1.29, 1.82) is 0 Å². The number of carbonyl (C=O) groups excluding carboxylic acids is 1. The summed E-state index contributed by atoms with van der Waals surface area (Å²) in [5, 5.41) is 6.29. The van der Waals surface area contributed by atoms with Crippen molar-refractivity contribution in [3.63, 3.8) is 0 Å². The van der Waals surface area contributed by atoms with Crippen molar-refractivity contribution in [3.8, 4) is 0 Å². The van der Waals surface area contributed by atoms with Crippen LogP contribution in [-0.4, -0.2) is 28.5 Å². The molecule has 2 aromatic rings. The second-order valence-electron chi connectivity index (χ2n) is 6.26. The Morgan fingerprint density at radius 3 is 2.54 bits per heavy atom. The Balaban J connectivity index is 1.46. The van der Waals surface area contributed by atoms with E-state index in [0.29, 0.717) is 18.3 Å². The molecule has 1 aromatic heterocycles. The summed E-state index contributed by atoms with van der Waals surface area (Å²) >= 11 is 0. The molecule has 1 fully saturated rings. The average molecular weight is 324 g/mol. The first-order valence-electron chi connectivity index (χ1n) is 8.72. The first-order valence-corrected chi connectivity index (χ1v) is 8.72. The second kappa shape index (κ2) is 8.43. The maximum absolute atomic E-state index is 12.1. The van der Waals surface area contributed by atoms with Crippen LogP contribution in [0.25, 0.3) is 0 Å². The maximum atomic E-state index is 12.1. The summed E-state index contributed by atoms with van der Waals surface area (Å²) in [4.78, 5) is 20.7. The van der Waals surface area contributed by atoms with Crippen LogP contribution in [0.1, 0.15) is 48.2 Å². The van der Waals surface area contributed by atoms with Crippen molar-refractivity contribution in [2.24, 2.45) is 0 Å². The molecule has 1 aliphatic carbocycles. The molecule has 1 heterocycles. The van der Waals surface area contributed by atoms with E-state index in [1.165, 1.54) is 37.7 Å². The molecule has 1 aromatic carbocycles. The minimum atomic E-state index is -0.178. The molecule has 0 bridgehead atoms. The van der Waals surface area contributed by atoms with E-state index in [1.807, 2.05) is 18.2 Å². The summed E-state index contributed by atoms with van der Waals surface area (Å²) < 4.78 is 0. The van der Waals surface area contributed by atoms with Gasteiger partial charge in [-0.3, -0.25) is 4.79 Å². The highest BCUT2D eigenvalue weighted by molar-refractivity contribution is 5.91. The topological polar surface area (TPSA) is 66.9 Å². The van der Waals surface area contributed by atoms with E-state index in [4.69, 9.17) is 0 Å². The van der Waals surface area contributed by atoms with Crippen LogP contribution < -0.4 is 10.6 Å². The third-order valence-corrected chi connectivity index (χ3v) is 4.38. The van der Waals surface area contributed by atoms with Crippen molar-refractivity contribution in [3.05, 3.63) is 54.0 Å². The van der Waals surface area contributed by atoms with Gasteiger partial charge in [-0.2, -0.15) is 0 Å². The van der Waals surface area contributed by atoms with Gasteiger partial charge >= 0.3 is 0 Å². The number of amides is 1. The Labute approximate surface area is 142 Å². The lowest BCUT2D eigenvalue weighted by atomic mass is 9.96. The summed E-state index contributed by atoms with van der Waals surface area (Å²) in [6, 6.07) is 10.6. The molecule has 5 nitrogen and oxygen atoms in total. The number of aromatic nitrogens is 2. The van der Waals surface area contributed by atoms with Gasteiger partial charge in [0.15, 0.2) is 0 Å². The van der Waals surface area contributed by atoms with E-state index in [0.717, 1.165) is 12.2 Å². The van der Waals surface area contributed by atoms with Gasteiger partial charge in [0.05, 0.1) is 12.4 Å². The fourth-order valence-electron chi connectivity index (χ4n) is 3.03. The van der Waals surface area contributed by atoms with Gasteiger partial charge < -0.3 is 10.6 Å². The van der Waals surface area contributed by atoms with E-state index in [9.17, 15) is 4.79 Å². The SMILES string of the molecule is O=C(NCCc1ccccc1)c1cnc(NC2CCCCC2)cn1. The predicted molar refractivity (Wildman–Crippen MR) is 95.0 cm³/mol. The van der Waals surface area contributed by atoms with Crippen LogP contribution in [0.5, 0.6) is 0 Å². The molecule has 0 spiro atoms. The number of rotatable bonds is 6. The van der Waals surface area contributed by atoms with E-state index in [2.05, 4.69) is 32.7 Å². The second-order valence-corrected chi connectivity index (χ2v) is 6.26. The molecule has 0 saturated heterocycles. The third kappa shape index (κ3) is 4.78. The lowest BCUT2D eigenvalue weighted by Crippen LogP contribution is -2.27. The van der Waals surface area contributed by atoms with Crippen molar-refractivity contribution in [2.75, 3.05) is 11.9 Å². The number of hydrogen-bond donors (Lipinski definition) is 2. The van der Waals surface area contributed by atoms with Crippen molar-refractivity contribution >= 4 is 11.7 Å². The summed E-state index contributed by atoms with van der Waals surface area (Å²) in [5.41, 5.74) is 1.56. The normalized spacial score (nSPS) is 15.0. The van der Waals surface area contributed by atoms with Crippen molar-refractivity contribution in [1.82, 2.24) is 15.3 Å². The Morgan fingerprint density at radius 1 is 1.04 bits per heavy atom. The standard InChI is InChI=1S/C19H24N4O/c24-19(20-12-11-15-7-3-1-4-8-15)17-13-22-18(14-21-17)23-16-9-5-2-6-10-16/h1,3-4,7-8,13-14,16H,2,5-6,9-12H2,(H,20,24)(H,22,23). The Hall–Kier alpha value is -2.43. The lowest BCUT2D eigenvalue weighted by Gasteiger charge is -2.23. The Kier molecular flexibility index (Phi) is 5.77. The highest BCUT2D eigenvalue weighted by Gasteiger charge is 2.14. The average Bonchev–Trinajstić information content (AvgIpc) is 2.64. The minimum absolute atomic E-state index is 0.178. The van der Waals surface area contributed by atoms with Crippen molar-refractivity contribution in [2.45, 2.75) is 44.6 Å². The van der Waals surface area contributed by atoms with E-state index in [-0.39, 0.29) is 5.91 Å². The molecule has 1 aliphatic rings. The Morgan fingerprint density at radius 2 is 1.83 bits per heavy atom. The first kappa shape index (κ1) is 16.4. The summed E-state index contributed by atoms with van der Waals surface area (Å²) in [6.45, 7) is 0.590. The monoisotopic (exact) mass is 324 g/mol. The molecule has 0 atom stereocenters. The zero-order valence-corrected chi connectivity index (χ0v) is 13.9. The van der Waals surface area contributed by atoms with Crippen molar-refractivity contribution < 1.29 is 4.79 Å². The molecule has 0 unspecified atom stereocenters. The smallest absolute Gasteiger partial charge is 0.271 e. The van der Waals surface area contributed by atoms with Gasteiger partial charge in [-0.15, -0.1) is 0 Å². The van der Waals surface area contributed by atoms with Gasteiger partial charge in [-0.1, -0.05) is 49.6 Å². The molecular formula is C19H24N4O. The van der Waals surface area contributed by atoms with Crippen LogP contribution in [-0.2, 0) is 6.42 Å².